The second-order valence-electron chi connectivity index (χ2n) is 5.52. The first-order valence-electron chi connectivity index (χ1n) is 7.58. The number of likely N-dealkylation sites (N-methyl/N-ethyl adjacent to an activating group) is 1. The highest BCUT2D eigenvalue weighted by atomic mass is 32.2. The van der Waals surface area contributed by atoms with Gasteiger partial charge in [-0.2, -0.15) is 11.8 Å². The second kappa shape index (κ2) is 7.95. The molecular formula is C15H27N3S. The summed E-state index contributed by atoms with van der Waals surface area (Å²) < 4.78 is 2.31. The monoisotopic (exact) mass is 281 g/mol. The zero-order valence-electron chi connectivity index (χ0n) is 12.3. The molecule has 0 aliphatic carbocycles. The Balaban J connectivity index is 1.88. The fourth-order valence-corrected chi connectivity index (χ4v) is 4.09. The summed E-state index contributed by atoms with van der Waals surface area (Å²) >= 11 is 2.11. The van der Waals surface area contributed by atoms with Gasteiger partial charge >= 0.3 is 0 Å². The van der Waals surface area contributed by atoms with Crippen LogP contribution in [0, 0.1) is 5.92 Å². The normalized spacial score (nSPS) is 18.6. The van der Waals surface area contributed by atoms with E-state index in [1.807, 2.05) is 6.20 Å². The molecular weight excluding hydrogens is 254 g/mol. The zero-order chi connectivity index (χ0) is 13.5. The molecule has 1 N–H and O–H groups in total. The first-order chi connectivity index (χ1) is 9.33. The lowest BCUT2D eigenvalue weighted by molar-refractivity contribution is 0.370. The summed E-state index contributed by atoms with van der Waals surface area (Å²) in [7, 11) is 2.09. The SMILES string of the molecule is CCCn1ccnc1CC(CC1CCSCC1)NC. The third-order valence-electron chi connectivity index (χ3n) is 4.06. The minimum atomic E-state index is 0.575. The highest BCUT2D eigenvalue weighted by molar-refractivity contribution is 7.99. The van der Waals surface area contributed by atoms with E-state index in [2.05, 4.69) is 46.8 Å². The molecule has 2 rings (SSSR count). The van der Waals surface area contributed by atoms with Crippen molar-refractivity contribution in [1.82, 2.24) is 14.9 Å². The molecule has 1 saturated heterocycles. The van der Waals surface area contributed by atoms with Gasteiger partial charge in [0.25, 0.3) is 0 Å². The predicted octanol–water partition coefficient (Wildman–Crippen LogP) is 2.96. The van der Waals surface area contributed by atoms with Crippen molar-refractivity contribution in [3.63, 3.8) is 0 Å². The maximum Gasteiger partial charge on any atom is 0.110 e. The third-order valence-corrected chi connectivity index (χ3v) is 5.11. The Hall–Kier alpha value is -0.480. The number of hydrogen-bond acceptors (Lipinski definition) is 3. The fourth-order valence-electron chi connectivity index (χ4n) is 2.88. The molecule has 1 unspecified atom stereocenters. The van der Waals surface area contributed by atoms with Crippen LogP contribution in [-0.4, -0.2) is 34.1 Å². The van der Waals surface area contributed by atoms with Crippen LogP contribution >= 0.6 is 11.8 Å². The summed E-state index contributed by atoms with van der Waals surface area (Å²) in [6, 6.07) is 0.575. The molecule has 3 nitrogen and oxygen atoms in total. The number of nitrogens with zero attached hydrogens (tertiary/aromatic N) is 2. The zero-order valence-corrected chi connectivity index (χ0v) is 13.1. The van der Waals surface area contributed by atoms with Crippen LogP contribution in [0.2, 0.25) is 0 Å². The van der Waals surface area contributed by atoms with Crippen molar-refractivity contribution in [2.75, 3.05) is 18.6 Å². The van der Waals surface area contributed by atoms with Crippen LogP contribution in [0.5, 0.6) is 0 Å². The second-order valence-corrected chi connectivity index (χ2v) is 6.74. The molecule has 0 bridgehead atoms. The van der Waals surface area contributed by atoms with Gasteiger partial charge in [0.05, 0.1) is 0 Å². The Morgan fingerprint density at radius 2 is 2.26 bits per heavy atom. The summed E-state index contributed by atoms with van der Waals surface area (Å²) in [6.07, 6.45) is 10.4. The first kappa shape index (κ1) is 14.9. The maximum atomic E-state index is 4.53. The van der Waals surface area contributed by atoms with Gasteiger partial charge in [0.2, 0.25) is 0 Å². The topological polar surface area (TPSA) is 29.9 Å². The van der Waals surface area contributed by atoms with Gasteiger partial charge in [0, 0.05) is 31.4 Å². The number of aryl methyl sites for hydroxylation is 1. The number of imidazole rings is 1. The molecule has 1 aliphatic rings. The van der Waals surface area contributed by atoms with Gasteiger partial charge in [-0.3, -0.25) is 0 Å². The van der Waals surface area contributed by atoms with E-state index >= 15 is 0 Å². The van der Waals surface area contributed by atoms with Gasteiger partial charge < -0.3 is 9.88 Å². The standard InChI is InChI=1S/C15H27N3S/c1-3-7-18-8-6-17-15(18)12-14(16-2)11-13-4-9-19-10-5-13/h6,8,13-14,16H,3-5,7,9-12H2,1-2H3. The van der Waals surface area contributed by atoms with Gasteiger partial charge in [-0.25, -0.2) is 4.98 Å². The van der Waals surface area contributed by atoms with Crippen LogP contribution in [0.3, 0.4) is 0 Å². The molecule has 1 aliphatic heterocycles. The van der Waals surface area contributed by atoms with Crippen molar-refractivity contribution in [2.24, 2.45) is 5.92 Å². The predicted molar refractivity (Wildman–Crippen MR) is 83.7 cm³/mol. The summed E-state index contributed by atoms with van der Waals surface area (Å²) in [4.78, 5) is 4.53. The molecule has 4 heteroatoms. The lowest BCUT2D eigenvalue weighted by Crippen LogP contribution is -2.32. The highest BCUT2D eigenvalue weighted by Gasteiger charge is 2.19. The van der Waals surface area contributed by atoms with Crippen molar-refractivity contribution >= 4 is 11.8 Å². The number of nitrogens with one attached hydrogen (secondary N) is 1. The van der Waals surface area contributed by atoms with Crippen LogP contribution in [0.15, 0.2) is 12.4 Å². The Labute approximate surface area is 121 Å². The Morgan fingerprint density at radius 1 is 1.47 bits per heavy atom. The van der Waals surface area contributed by atoms with Gasteiger partial charge in [-0.15, -0.1) is 0 Å². The summed E-state index contributed by atoms with van der Waals surface area (Å²) in [6.45, 7) is 3.31. The van der Waals surface area contributed by atoms with E-state index in [1.54, 1.807) is 0 Å². The van der Waals surface area contributed by atoms with Crippen molar-refractivity contribution in [1.29, 1.82) is 0 Å². The van der Waals surface area contributed by atoms with E-state index in [0.29, 0.717) is 6.04 Å². The van der Waals surface area contributed by atoms with E-state index in [1.165, 1.54) is 43.0 Å². The quantitative estimate of drug-likeness (QED) is 0.833. The van der Waals surface area contributed by atoms with Gasteiger partial charge in [-0.05, 0) is 50.2 Å². The van der Waals surface area contributed by atoms with Crippen molar-refractivity contribution in [2.45, 2.75) is 51.6 Å². The molecule has 1 fully saturated rings. The maximum absolute atomic E-state index is 4.53. The largest absolute Gasteiger partial charge is 0.335 e. The number of rotatable bonds is 7. The average Bonchev–Trinajstić information content (AvgIpc) is 2.87. The molecule has 1 atom stereocenters. The van der Waals surface area contributed by atoms with Crippen LogP contribution in [-0.2, 0) is 13.0 Å². The number of thioether (sulfide) groups is 1. The van der Waals surface area contributed by atoms with Gasteiger partial charge in [0.1, 0.15) is 5.82 Å². The molecule has 0 aromatic carbocycles. The first-order valence-corrected chi connectivity index (χ1v) is 8.74. The smallest absolute Gasteiger partial charge is 0.110 e. The minimum absolute atomic E-state index is 0.575. The molecule has 108 valence electrons. The molecule has 19 heavy (non-hydrogen) atoms. The summed E-state index contributed by atoms with van der Waals surface area (Å²) in [5.74, 6) is 4.86. The average molecular weight is 281 g/mol. The minimum Gasteiger partial charge on any atom is -0.335 e. The van der Waals surface area contributed by atoms with Crippen molar-refractivity contribution in [3.05, 3.63) is 18.2 Å². The van der Waals surface area contributed by atoms with E-state index in [0.717, 1.165) is 18.9 Å². The summed E-state index contributed by atoms with van der Waals surface area (Å²) in [5.41, 5.74) is 0. The van der Waals surface area contributed by atoms with E-state index < -0.39 is 0 Å². The Kier molecular flexibility index (Phi) is 6.24. The van der Waals surface area contributed by atoms with Gasteiger partial charge in [0.15, 0.2) is 0 Å². The Bertz CT molecular complexity index is 358. The Morgan fingerprint density at radius 3 is 2.95 bits per heavy atom. The molecule has 0 radical (unpaired) electrons. The van der Waals surface area contributed by atoms with Crippen LogP contribution in [0.25, 0.3) is 0 Å². The van der Waals surface area contributed by atoms with Crippen molar-refractivity contribution < 1.29 is 0 Å². The molecule has 2 heterocycles. The van der Waals surface area contributed by atoms with Gasteiger partial charge in [-0.1, -0.05) is 6.92 Å². The molecule has 0 amide bonds. The molecule has 0 spiro atoms. The number of aromatic nitrogens is 2. The van der Waals surface area contributed by atoms with Crippen molar-refractivity contribution in [3.8, 4) is 0 Å². The molecule has 1 aromatic rings. The van der Waals surface area contributed by atoms with Crippen LogP contribution in [0.1, 0.15) is 38.4 Å². The lowest BCUT2D eigenvalue weighted by Gasteiger charge is -2.26. The highest BCUT2D eigenvalue weighted by Crippen LogP contribution is 2.26. The summed E-state index contributed by atoms with van der Waals surface area (Å²) in [5, 5.41) is 3.50. The number of hydrogen-bond donors (Lipinski definition) is 1. The lowest BCUT2D eigenvalue weighted by atomic mass is 9.93. The van der Waals surface area contributed by atoms with Crippen LogP contribution in [0.4, 0.5) is 0 Å². The van der Waals surface area contributed by atoms with E-state index in [9.17, 15) is 0 Å². The van der Waals surface area contributed by atoms with E-state index in [-0.39, 0.29) is 0 Å². The van der Waals surface area contributed by atoms with Crippen LogP contribution < -0.4 is 5.32 Å². The van der Waals surface area contributed by atoms with E-state index in [4.69, 9.17) is 0 Å². The molecule has 1 aromatic heterocycles. The fraction of sp³-hybridized carbons (Fsp3) is 0.800. The third kappa shape index (κ3) is 4.53. The molecule has 0 saturated carbocycles.